The topological polar surface area (TPSA) is 77.6 Å². The van der Waals surface area contributed by atoms with E-state index in [4.69, 9.17) is 10.6 Å². The number of nitrogens with two attached hydrogens (primary N) is 1. The second-order valence-electron chi connectivity index (χ2n) is 3.98. The van der Waals surface area contributed by atoms with Crippen LogP contribution in [-0.2, 0) is 9.63 Å². The van der Waals surface area contributed by atoms with Crippen molar-refractivity contribution in [3.8, 4) is 0 Å². The molecule has 1 aromatic rings. The van der Waals surface area contributed by atoms with Gasteiger partial charge in [0.1, 0.15) is 11.8 Å². The van der Waals surface area contributed by atoms with E-state index < -0.39 is 0 Å². The first kappa shape index (κ1) is 12.0. The molecular weight excluding hydrogens is 238 g/mol. The van der Waals surface area contributed by atoms with Gasteiger partial charge in [-0.1, -0.05) is 11.6 Å². The van der Waals surface area contributed by atoms with Gasteiger partial charge >= 0.3 is 0 Å². The Bertz CT molecular complexity index is 411. The molecule has 1 aromatic heterocycles. The summed E-state index contributed by atoms with van der Waals surface area (Å²) in [5, 5.41) is 5.90. The van der Waals surface area contributed by atoms with E-state index in [9.17, 15) is 4.79 Å². The molecule has 0 unspecified atom stereocenters. The molecule has 0 saturated heterocycles. The highest BCUT2D eigenvalue weighted by molar-refractivity contribution is 7.13. The zero-order chi connectivity index (χ0) is 12.1. The quantitative estimate of drug-likeness (QED) is 0.655. The molecule has 17 heavy (non-hydrogen) atoms. The van der Waals surface area contributed by atoms with Gasteiger partial charge in [-0.25, -0.2) is 4.98 Å². The summed E-state index contributed by atoms with van der Waals surface area (Å²) in [5.41, 5.74) is 6.01. The fourth-order valence-corrected chi connectivity index (χ4v) is 2.36. The fraction of sp³-hybridized carbons (Fsp3) is 0.545. The zero-order valence-electron chi connectivity index (χ0n) is 9.39. The molecule has 0 amide bonds. The fourth-order valence-electron chi connectivity index (χ4n) is 1.81. The van der Waals surface area contributed by atoms with Crippen LogP contribution in [0.25, 0.3) is 0 Å². The smallest absolute Gasteiger partial charge is 0.259 e. The van der Waals surface area contributed by atoms with Crippen LogP contribution in [0.2, 0.25) is 0 Å². The Morgan fingerprint density at radius 3 is 2.88 bits per heavy atom. The van der Waals surface area contributed by atoms with E-state index in [1.807, 2.05) is 0 Å². The van der Waals surface area contributed by atoms with Crippen LogP contribution in [0, 0.1) is 0 Å². The molecule has 0 bridgehead atoms. The van der Waals surface area contributed by atoms with E-state index in [0.29, 0.717) is 10.8 Å². The summed E-state index contributed by atoms with van der Waals surface area (Å²) in [6.45, 7) is 0. The van der Waals surface area contributed by atoms with Crippen molar-refractivity contribution < 1.29 is 9.63 Å². The maximum atomic E-state index is 10.8. The van der Waals surface area contributed by atoms with E-state index in [-0.39, 0.29) is 11.8 Å². The Labute approximate surface area is 104 Å². The van der Waals surface area contributed by atoms with Crippen molar-refractivity contribution >= 4 is 28.5 Å². The molecule has 6 heteroatoms. The zero-order valence-corrected chi connectivity index (χ0v) is 10.2. The van der Waals surface area contributed by atoms with Crippen LogP contribution in [0.3, 0.4) is 0 Å². The van der Waals surface area contributed by atoms with E-state index >= 15 is 0 Å². The summed E-state index contributed by atoms with van der Waals surface area (Å²) in [7, 11) is 0. The number of oxime groups is 1. The summed E-state index contributed by atoms with van der Waals surface area (Å²) >= 11 is 1.26. The Morgan fingerprint density at radius 1 is 1.53 bits per heavy atom. The standard InChI is InChI=1S/C11H14N3O2S/c12-11-13-10(7-17-11)9(6-15)14-16-8-4-2-1-3-5-8/h7-8H,1-5H2,(H2,12,13). The van der Waals surface area contributed by atoms with Gasteiger partial charge in [-0.15, -0.1) is 11.3 Å². The first-order valence-electron chi connectivity index (χ1n) is 5.63. The number of anilines is 1. The molecule has 5 nitrogen and oxygen atoms in total. The predicted molar refractivity (Wildman–Crippen MR) is 66.7 cm³/mol. The number of nitrogens with zero attached hydrogens (tertiary/aromatic N) is 2. The number of thiazole rings is 1. The average molecular weight is 252 g/mol. The molecule has 0 aromatic carbocycles. The van der Waals surface area contributed by atoms with E-state index in [2.05, 4.69) is 10.1 Å². The lowest BCUT2D eigenvalue weighted by Gasteiger charge is -2.19. The first-order chi connectivity index (χ1) is 8.29. The number of rotatable bonds is 4. The largest absolute Gasteiger partial charge is 0.392 e. The molecular formula is C11H14N3O2S. The molecule has 1 heterocycles. The van der Waals surface area contributed by atoms with Gasteiger partial charge in [-0.2, -0.15) is 0 Å². The van der Waals surface area contributed by atoms with Gasteiger partial charge in [0.25, 0.3) is 6.29 Å². The molecule has 0 atom stereocenters. The molecule has 1 radical (unpaired) electrons. The van der Waals surface area contributed by atoms with Gasteiger partial charge in [0.2, 0.25) is 0 Å². The number of carbonyl (C=O) groups excluding carboxylic acids is 1. The summed E-state index contributed by atoms with van der Waals surface area (Å²) < 4.78 is 0. The van der Waals surface area contributed by atoms with Crippen molar-refractivity contribution in [2.45, 2.75) is 38.2 Å². The number of hydrogen-bond acceptors (Lipinski definition) is 6. The molecule has 2 rings (SSSR count). The number of aromatic nitrogens is 1. The Morgan fingerprint density at radius 2 is 2.29 bits per heavy atom. The maximum Gasteiger partial charge on any atom is 0.259 e. The third-order valence-electron chi connectivity index (χ3n) is 2.71. The van der Waals surface area contributed by atoms with Crippen LogP contribution < -0.4 is 5.73 Å². The van der Waals surface area contributed by atoms with Crippen molar-refractivity contribution in [3.05, 3.63) is 11.1 Å². The highest BCUT2D eigenvalue weighted by Crippen LogP contribution is 2.20. The van der Waals surface area contributed by atoms with Crippen molar-refractivity contribution in [2.75, 3.05) is 5.73 Å². The Balaban J connectivity index is 1.99. The Hall–Kier alpha value is -1.43. The van der Waals surface area contributed by atoms with Gasteiger partial charge in [0.05, 0.1) is 0 Å². The average Bonchev–Trinajstić information content (AvgIpc) is 2.78. The summed E-state index contributed by atoms with van der Waals surface area (Å²) in [6.07, 6.45) is 7.40. The lowest BCUT2D eigenvalue weighted by molar-refractivity contribution is 0.0334. The summed E-state index contributed by atoms with van der Waals surface area (Å²) in [4.78, 5) is 20.1. The summed E-state index contributed by atoms with van der Waals surface area (Å²) in [6, 6.07) is 0. The van der Waals surface area contributed by atoms with Gasteiger partial charge in [0, 0.05) is 5.38 Å². The monoisotopic (exact) mass is 252 g/mol. The first-order valence-corrected chi connectivity index (χ1v) is 6.51. The highest BCUT2D eigenvalue weighted by atomic mass is 32.1. The molecule has 1 saturated carbocycles. The number of nitrogen functional groups attached to an aromatic ring is 1. The molecule has 0 spiro atoms. The van der Waals surface area contributed by atoms with Gasteiger partial charge in [-0.3, -0.25) is 4.79 Å². The molecule has 2 N–H and O–H groups in total. The van der Waals surface area contributed by atoms with Crippen LogP contribution in [0.4, 0.5) is 5.13 Å². The van der Waals surface area contributed by atoms with E-state index in [1.165, 1.54) is 17.8 Å². The van der Waals surface area contributed by atoms with E-state index in [0.717, 1.165) is 25.7 Å². The van der Waals surface area contributed by atoms with Gasteiger partial charge < -0.3 is 10.6 Å². The Kier molecular flexibility index (Phi) is 4.08. The van der Waals surface area contributed by atoms with Crippen LogP contribution in [0.5, 0.6) is 0 Å². The van der Waals surface area contributed by atoms with Crippen molar-refractivity contribution in [2.24, 2.45) is 5.16 Å². The normalized spacial score (nSPS) is 18.0. The second-order valence-corrected chi connectivity index (χ2v) is 4.87. The highest BCUT2D eigenvalue weighted by Gasteiger charge is 2.15. The maximum absolute atomic E-state index is 10.8. The molecule has 1 aliphatic carbocycles. The third-order valence-corrected chi connectivity index (χ3v) is 3.38. The lowest BCUT2D eigenvalue weighted by Crippen LogP contribution is -2.15. The minimum atomic E-state index is 0.0866. The van der Waals surface area contributed by atoms with Crippen LogP contribution in [-0.4, -0.2) is 23.1 Å². The minimum Gasteiger partial charge on any atom is -0.392 e. The van der Waals surface area contributed by atoms with E-state index in [1.54, 1.807) is 11.7 Å². The van der Waals surface area contributed by atoms with Crippen LogP contribution in [0.15, 0.2) is 10.5 Å². The van der Waals surface area contributed by atoms with Crippen molar-refractivity contribution in [3.63, 3.8) is 0 Å². The van der Waals surface area contributed by atoms with Gasteiger partial charge in [0.15, 0.2) is 10.8 Å². The SMILES string of the molecule is Nc1nc(C([C]=O)=NOC2CCCCC2)cs1. The third kappa shape index (κ3) is 3.26. The molecule has 91 valence electrons. The second kappa shape index (κ2) is 5.77. The van der Waals surface area contributed by atoms with Crippen molar-refractivity contribution in [1.82, 2.24) is 4.98 Å². The van der Waals surface area contributed by atoms with Crippen LogP contribution in [0.1, 0.15) is 37.8 Å². The van der Waals surface area contributed by atoms with Crippen LogP contribution >= 0.6 is 11.3 Å². The van der Waals surface area contributed by atoms with Gasteiger partial charge in [-0.05, 0) is 25.7 Å². The molecule has 1 aliphatic rings. The molecule has 1 fully saturated rings. The summed E-state index contributed by atoms with van der Waals surface area (Å²) in [5.74, 6) is 0. The molecule has 0 aliphatic heterocycles. The predicted octanol–water partition coefficient (Wildman–Crippen LogP) is 1.89. The lowest BCUT2D eigenvalue weighted by atomic mass is 9.98. The minimum absolute atomic E-state index is 0.0866. The van der Waals surface area contributed by atoms with Crippen molar-refractivity contribution in [1.29, 1.82) is 0 Å². The number of hydrogen-bond donors (Lipinski definition) is 1.